The third-order valence-corrected chi connectivity index (χ3v) is 5.33. The van der Waals surface area contributed by atoms with Crippen LogP contribution in [0.15, 0.2) is 72.8 Å². The Balaban J connectivity index is 1.80. The molecule has 1 amide bonds. The molecular formula is C27H27NO5. The molecule has 0 unspecified atom stereocenters. The quantitative estimate of drug-likeness (QED) is 0.374. The lowest BCUT2D eigenvalue weighted by molar-refractivity contribution is -0.120. The van der Waals surface area contributed by atoms with Crippen molar-refractivity contribution in [2.75, 3.05) is 14.2 Å². The van der Waals surface area contributed by atoms with Gasteiger partial charge in [0.2, 0.25) is 0 Å². The predicted octanol–water partition coefficient (Wildman–Crippen LogP) is 4.20. The molecule has 0 radical (unpaired) electrons. The van der Waals surface area contributed by atoms with Gasteiger partial charge in [-0.15, -0.1) is 0 Å². The third-order valence-electron chi connectivity index (χ3n) is 5.33. The molecular weight excluding hydrogens is 418 g/mol. The highest BCUT2D eigenvalue weighted by Crippen LogP contribution is 2.27. The molecule has 0 spiro atoms. The lowest BCUT2D eigenvalue weighted by Gasteiger charge is -2.18. The Bertz CT molecular complexity index is 1120. The number of aryl methyl sites for hydroxylation is 1. The van der Waals surface area contributed by atoms with E-state index < -0.39 is 11.9 Å². The van der Waals surface area contributed by atoms with Crippen molar-refractivity contribution in [1.82, 2.24) is 5.32 Å². The van der Waals surface area contributed by atoms with Crippen molar-refractivity contribution in [2.45, 2.75) is 25.8 Å². The van der Waals surface area contributed by atoms with Crippen molar-refractivity contribution in [2.24, 2.45) is 0 Å². The predicted molar refractivity (Wildman–Crippen MR) is 126 cm³/mol. The third kappa shape index (κ3) is 6.29. The minimum absolute atomic E-state index is 0.278. The lowest BCUT2D eigenvalue weighted by Crippen LogP contribution is -2.43. The number of rotatable bonds is 10. The maximum atomic E-state index is 13.1. The topological polar surface area (TPSA) is 81.7 Å². The monoisotopic (exact) mass is 445 g/mol. The van der Waals surface area contributed by atoms with E-state index in [-0.39, 0.29) is 24.4 Å². The molecule has 33 heavy (non-hydrogen) atoms. The number of amides is 1. The van der Waals surface area contributed by atoms with Crippen molar-refractivity contribution in [1.29, 1.82) is 0 Å². The molecule has 0 aromatic heterocycles. The normalized spacial score (nSPS) is 11.4. The molecule has 3 rings (SSSR count). The van der Waals surface area contributed by atoms with Gasteiger partial charge in [0.15, 0.2) is 23.1 Å². The highest BCUT2D eigenvalue weighted by atomic mass is 16.5. The molecule has 3 aromatic carbocycles. The molecule has 6 nitrogen and oxygen atoms in total. The number of Topliss-reactive ketones (excluding diaryl/α,β-unsaturated/α-hetero) is 2. The van der Waals surface area contributed by atoms with E-state index in [1.165, 1.54) is 14.2 Å². The fraction of sp³-hybridized carbons (Fsp3) is 0.222. The summed E-state index contributed by atoms with van der Waals surface area (Å²) in [4.78, 5) is 38.7. The summed E-state index contributed by atoms with van der Waals surface area (Å²) in [5.74, 6) is -0.162. The second-order valence-electron chi connectivity index (χ2n) is 7.72. The van der Waals surface area contributed by atoms with Gasteiger partial charge >= 0.3 is 0 Å². The molecule has 0 aliphatic carbocycles. The fourth-order valence-electron chi connectivity index (χ4n) is 3.44. The van der Waals surface area contributed by atoms with E-state index in [0.29, 0.717) is 22.6 Å². The first-order chi connectivity index (χ1) is 15.9. The molecule has 0 bridgehead atoms. The molecule has 3 aromatic rings. The van der Waals surface area contributed by atoms with Crippen molar-refractivity contribution < 1.29 is 23.9 Å². The van der Waals surface area contributed by atoms with Crippen molar-refractivity contribution in [3.63, 3.8) is 0 Å². The minimum Gasteiger partial charge on any atom is -0.493 e. The van der Waals surface area contributed by atoms with Crippen molar-refractivity contribution in [3.8, 4) is 11.5 Å². The highest BCUT2D eigenvalue weighted by molar-refractivity contribution is 6.10. The van der Waals surface area contributed by atoms with Crippen LogP contribution in [-0.2, 0) is 11.2 Å². The van der Waals surface area contributed by atoms with Gasteiger partial charge < -0.3 is 14.8 Å². The van der Waals surface area contributed by atoms with E-state index in [2.05, 4.69) is 5.32 Å². The van der Waals surface area contributed by atoms with Crippen LogP contribution in [0.3, 0.4) is 0 Å². The summed E-state index contributed by atoms with van der Waals surface area (Å²) in [6, 6.07) is 20.4. The number of hydrogen-bond acceptors (Lipinski definition) is 5. The molecule has 1 N–H and O–H groups in total. The van der Waals surface area contributed by atoms with E-state index in [1.54, 1.807) is 30.3 Å². The standard InChI is InChI=1S/C27H27NO5/c1-18-9-11-20(12-10-18)23(29)17-24(30)22(15-19-7-5-4-6-8-19)28-27(31)21-13-14-25(32-2)26(16-21)33-3/h4-14,16,22H,15,17H2,1-3H3,(H,28,31)/t22-/m0/s1. The van der Waals surface area contributed by atoms with E-state index in [1.807, 2.05) is 49.4 Å². The van der Waals surface area contributed by atoms with Crippen LogP contribution in [0.4, 0.5) is 0 Å². The van der Waals surface area contributed by atoms with Crippen LogP contribution in [0.25, 0.3) is 0 Å². The van der Waals surface area contributed by atoms with Crippen LogP contribution in [0.2, 0.25) is 0 Å². The summed E-state index contributed by atoms with van der Waals surface area (Å²) in [5.41, 5.74) is 2.70. The second kappa shape index (κ2) is 11.1. The van der Waals surface area contributed by atoms with Gasteiger partial charge in [0.25, 0.3) is 5.91 Å². The van der Waals surface area contributed by atoms with Gasteiger partial charge in [-0.3, -0.25) is 14.4 Å². The first-order valence-corrected chi connectivity index (χ1v) is 10.6. The number of methoxy groups -OCH3 is 2. The van der Waals surface area contributed by atoms with Gasteiger partial charge in [-0.2, -0.15) is 0 Å². The number of carbonyl (C=O) groups excluding carboxylic acids is 3. The summed E-state index contributed by atoms with van der Waals surface area (Å²) in [5, 5.41) is 2.80. The van der Waals surface area contributed by atoms with Crippen LogP contribution >= 0.6 is 0 Å². The Morgan fingerprint density at radius 2 is 1.45 bits per heavy atom. The van der Waals surface area contributed by atoms with Gasteiger partial charge in [-0.1, -0.05) is 60.2 Å². The van der Waals surface area contributed by atoms with Crippen molar-refractivity contribution >= 4 is 17.5 Å². The van der Waals surface area contributed by atoms with Crippen molar-refractivity contribution in [3.05, 3.63) is 95.1 Å². The molecule has 170 valence electrons. The zero-order chi connectivity index (χ0) is 23.8. The van der Waals surface area contributed by atoms with Crippen LogP contribution in [0.1, 0.15) is 38.3 Å². The first-order valence-electron chi connectivity index (χ1n) is 10.6. The second-order valence-corrected chi connectivity index (χ2v) is 7.72. The van der Waals surface area contributed by atoms with E-state index in [9.17, 15) is 14.4 Å². The van der Waals surface area contributed by atoms with Gasteiger partial charge in [0.05, 0.1) is 26.7 Å². The number of carbonyl (C=O) groups is 3. The molecule has 0 saturated carbocycles. The van der Waals surface area contributed by atoms with Crippen LogP contribution in [-0.4, -0.2) is 37.7 Å². The molecule has 0 aliphatic heterocycles. The zero-order valence-electron chi connectivity index (χ0n) is 19.0. The van der Waals surface area contributed by atoms with E-state index in [0.717, 1.165) is 11.1 Å². The molecule has 0 heterocycles. The lowest BCUT2D eigenvalue weighted by atomic mass is 9.96. The Morgan fingerprint density at radius 3 is 2.09 bits per heavy atom. The van der Waals surface area contributed by atoms with Crippen LogP contribution in [0, 0.1) is 6.92 Å². The van der Waals surface area contributed by atoms with E-state index >= 15 is 0 Å². The summed E-state index contributed by atoms with van der Waals surface area (Å²) in [7, 11) is 3.00. The maximum Gasteiger partial charge on any atom is 0.252 e. The largest absolute Gasteiger partial charge is 0.493 e. The number of benzene rings is 3. The average molecular weight is 446 g/mol. The molecule has 1 atom stereocenters. The molecule has 0 aliphatic rings. The summed E-state index contributed by atoms with van der Waals surface area (Å²) in [6.07, 6.45) is -0.0212. The Kier molecular flexibility index (Phi) is 7.97. The van der Waals surface area contributed by atoms with Gasteiger partial charge in [0, 0.05) is 11.1 Å². The van der Waals surface area contributed by atoms with Crippen LogP contribution < -0.4 is 14.8 Å². The number of nitrogens with one attached hydrogen (secondary N) is 1. The summed E-state index contributed by atoms with van der Waals surface area (Å²) in [6.45, 7) is 1.93. The maximum absolute atomic E-state index is 13.1. The van der Waals surface area contributed by atoms with Gasteiger partial charge in [-0.25, -0.2) is 0 Å². The van der Waals surface area contributed by atoms with Gasteiger partial charge in [-0.05, 0) is 37.1 Å². The zero-order valence-corrected chi connectivity index (χ0v) is 19.0. The van der Waals surface area contributed by atoms with Crippen LogP contribution in [0.5, 0.6) is 11.5 Å². The number of hydrogen-bond donors (Lipinski definition) is 1. The molecule has 0 fully saturated rings. The van der Waals surface area contributed by atoms with E-state index in [4.69, 9.17) is 9.47 Å². The molecule has 6 heteroatoms. The molecule has 0 saturated heterocycles. The Labute approximate surface area is 193 Å². The Hall–Kier alpha value is -3.93. The number of ketones is 2. The average Bonchev–Trinajstić information content (AvgIpc) is 2.84. The Morgan fingerprint density at radius 1 is 0.818 bits per heavy atom. The smallest absolute Gasteiger partial charge is 0.252 e. The fourth-order valence-corrected chi connectivity index (χ4v) is 3.44. The number of ether oxygens (including phenoxy) is 2. The first kappa shape index (κ1) is 23.7. The SMILES string of the molecule is COc1ccc(C(=O)N[C@@H](Cc2ccccc2)C(=O)CC(=O)c2ccc(C)cc2)cc1OC. The summed E-state index contributed by atoms with van der Waals surface area (Å²) >= 11 is 0. The van der Waals surface area contributed by atoms with Gasteiger partial charge in [0.1, 0.15) is 0 Å². The highest BCUT2D eigenvalue weighted by Gasteiger charge is 2.25. The summed E-state index contributed by atoms with van der Waals surface area (Å²) < 4.78 is 10.5. The minimum atomic E-state index is -0.859.